The molecule has 0 aliphatic carbocycles. The molecule has 0 aromatic heterocycles. The second-order valence-electron chi connectivity index (χ2n) is 6.54. The Labute approximate surface area is 156 Å². The summed E-state index contributed by atoms with van der Waals surface area (Å²) in [6, 6.07) is 5.72. The fraction of sp³-hybridized carbons (Fsp3) is 0.550. The zero-order valence-corrected chi connectivity index (χ0v) is 16.0. The van der Waals surface area contributed by atoms with Gasteiger partial charge >= 0.3 is 0 Å². The second-order valence-corrected chi connectivity index (χ2v) is 6.54. The number of carbonyl (C=O) groups is 1. The molecule has 0 spiro atoms. The molecule has 2 rings (SSSR count). The molecular weight excluding hydrogens is 332 g/mol. The van der Waals surface area contributed by atoms with E-state index in [0.29, 0.717) is 24.6 Å². The maximum atomic E-state index is 11.5. The van der Waals surface area contributed by atoms with Crippen molar-refractivity contribution in [3.63, 3.8) is 0 Å². The molecule has 1 fully saturated rings. The zero-order chi connectivity index (χ0) is 18.9. The summed E-state index contributed by atoms with van der Waals surface area (Å²) in [5.41, 5.74) is 1.04. The van der Waals surface area contributed by atoms with Crippen molar-refractivity contribution in [2.75, 3.05) is 46.4 Å². The van der Waals surface area contributed by atoms with E-state index in [9.17, 15) is 9.90 Å². The standard InChI is InChI=1S/C20H30N2O4/c1-4-6-17-7-8-19(20(13-17)25-3)26-15-18(24)14-21-9-5-10-22(12-11-21)16(2)23/h4,6-8,13,18,24H,5,9-12,14-15H2,1-3H3. The topological polar surface area (TPSA) is 62.2 Å². The number of benzene rings is 1. The lowest BCUT2D eigenvalue weighted by molar-refractivity contribution is -0.128. The Morgan fingerprint density at radius 1 is 1.27 bits per heavy atom. The van der Waals surface area contributed by atoms with Gasteiger partial charge in [-0.25, -0.2) is 0 Å². The highest BCUT2D eigenvalue weighted by Gasteiger charge is 2.19. The Kier molecular flexibility index (Phi) is 7.94. The fourth-order valence-electron chi connectivity index (χ4n) is 3.10. The number of aliphatic hydroxyl groups is 1. The van der Waals surface area contributed by atoms with E-state index in [4.69, 9.17) is 9.47 Å². The van der Waals surface area contributed by atoms with Gasteiger partial charge in [0.25, 0.3) is 0 Å². The predicted octanol–water partition coefficient (Wildman–Crippen LogP) is 2.02. The molecule has 6 heteroatoms. The Morgan fingerprint density at radius 3 is 2.77 bits per heavy atom. The van der Waals surface area contributed by atoms with E-state index in [1.54, 1.807) is 14.0 Å². The monoisotopic (exact) mass is 362 g/mol. The van der Waals surface area contributed by atoms with Gasteiger partial charge in [0.2, 0.25) is 5.91 Å². The van der Waals surface area contributed by atoms with Crippen molar-refractivity contribution >= 4 is 12.0 Å². The van der Waals surface area contributed by atoms with Gasteiger partial charge in [0.05, 0.1) is 7.11 Å². The maximum absolute atomic E-state index is 11.5. The highest BCUT2D eigenvalue weighted by atomic mass is 16.5. The van der Waals surface area contributed by atoms with Crippen molar-refractivity contribution in [3.8, 4) is 11.5 Å². The van der Waals surface area contributed by atoms with Crippen molar-refractivity contribution in [3.05, 3.63) is 29.8 Å². The lowest BCUT2D eigenvalue weighted by Crippen LogP contribution is -2.38. The van der Waals surface area contributed by atoms with E-state index in [2.05, 4.69) is 4.90 Å². The van der Waals surface area contributed by atoms with E-state index in [1.807, 2.05) is 42.2 Å². The summed E-state index contributed by atoms with van der Waals surface area (Å²) in [4.78, 5) is 15.5. The molecule has 1 aromatic rings. The molecule has 1 saturated heterocycles. The van der Waals surface area contributed by atoms with Crippen LogP contribution in [0.25, 0.3) is 6.08 Å². The third kappa shape index (κ3) is 6.04. The molecule has 0 radical (unpaired) electrons. The molecule has 1 unspecified atom stereocenters. The van der Waals surface area contributed by atoms with Crippen LogP contribution in [0.1, 0.15) is 25.8 Å². The Bertz CT molecular complexity index is 618. The number of methoxy groups -OCH3 is 1. The van der Waals surface area contributed by atoms with Crippen molar-refractivity contribution in [1.82, 2.24) is 9.80 Å². The molecule has 0 bridgehead atoms. The van der Waals surface area contributed by atoms with Crippen LogP contribution in [0.3, 0.4) is 0 Å². The number of hydrogen-bond acceptors (Lipinski definition) is 5. The van der Waals surface area contributed by atoms with Crippen molar-refractivity contribution < 1.29 is 19.4 Å². The van der Waals surface area contributed by atoms with Crippen LogP contribution in [0.15, 0.2) is 24.3 Å². The van der Waals surface area contributed by atoms with Gasteiger partial charge in [0, 0.05) is 33.1 Å². The first-order valence-electron chi connectivity index (χ1n) is 9.13. The van der Waals surface area contributed by atoms with Crippen molar-refractivity contribution in [2.24, 2.45) is 0 Å². The molecule has 1 atom stereocenters. The van der Waals surface area contributed by atoms with Gasteiger partial charge in [0.15, 0.2) is 11.5 Å². The average molecular weight is 362 g/mol. The average Bonchev–Trinajstić information content (AvgIpc) is 2.86. The number of hydrogen-bond donors (Lipinski definition) is 1. The molecule has 26 heavy (non-hydrogen) atoms. The van der Waals surface area contributed by atoms with Crippen molar-refractivity contribution in [1.29, 1.82) is 0 Å². The van der Waals surface area contributed by atoms with Gasteiger partial charge in [-0.3, -0.25) is 9.69 Å². The number of aliphatic hydroxyl groups excluding tert-OH is 1. The van der Waals surface area contributed by atoms with Crippen LogP contribution >= 0.6 is 0 Å². The van der Waals surface area contributed by atoms with Crippen LogP contribution in [0.2, 0.25) is 0 Å². The molecule has 6 nitrogen and oxygen atoms in total. The van der Waals surface area contributed by atoms with E-state index in [-0.39, 0.29) is 12.5 Å². The van der Waals surface area contributed by atoms with Gasteiger partial charge in [-0.1, -0.05) is 18.2 Å². The van der Waals surface area contributed by atoms with Crippen LogP contribution in [0.4, 0.5) is 0 Å². The molecule has 1 N–H and O–H groups in total. The quantitative estimate of drug-likeness (QED) is 0.804. The Morgan fingerprint density at radius 2 is 2.08 bits per heavy atom. The molecule has 1 amide bonds. The van der Waals surface area contributed by atoms with Crippen LogP contribution in [-0.4, -0.2) is 73.4 Å². The number of nitrogens with zero attached hydrogens (tertiary/aromatic N) is 2. The summed E-state index contributed by atoms with van der Waals surface area (Å²) >= 11 is 0. The van der Waals surface area contributed by atoms with Gasteiger partial charge < -0.3 is 19.5 Å². The van der Waals surface area contributed by atoms with Gasteiger partial charge in [0.1, 0.15) is 12.7 Å². The summed E-state index contributed by atoms with van der Waals surface area (Å²) in [7, 11) is 1.61. The molecule has 0 saturated carbocycles. The largest absolute Gasteiger partial charge is 0.493 e. The maximum Gasteiger partial charge on any atom is 0.219 e. The highest BCUT2D eigenvalue weighted by molar-refractivity contribution is 5.73. The predicted molar refractivity (Wildman–Crippen MR) is 103 cm³/mol. The van der Waals surface area contributed by atoms with Gasteiger partial charge in [-0.15, -0.1) is 0 Å². The van der Waals surface area contributed by atoms with Gasteiger partial charge in [-0.2, -0.15) is 0 Å². The minimum atomic E-state index is -0.598. The molecule has 1 aliphatic heterocycles. The first-order valence-corrected chi connectivity index (χ1v) is 9.13. The normalized spacial score (nSPS) is 17.2. The molecule has 1 heterocycles. The van der Waals surface area contributed by atoms with E-state index in [0.717, 1.165) is 31.6 Å². The van der Waals surface area contributed by atoms with Crippen LogP contribution in [-0.2, 0) is 4.79 Å². The number of β-amino-alcohol motifs (C(OH)–C–C–N with tert-alkyl or cyclic N) is 1. The number of carbonyl (C=O) groups excluding carboxylic acids is 1. The van der Waals surface area contributed by atoms with E-state index >= 15 is 0 Å². The van der Waals surface area contributed by atoms with E-state index in [1.165, 1.54) is 0 Å². The number of allylic oxidation sites excluding steroid dienone is 1. The third-order valence-corrected chi connectivity index (χ3v) is 4.48. The molecule has 1 aromatic carbocycles. The zero-order valence-electron chi connectivity index (χ0n) is 16.0. The molecule has 144 valence electrons. The van der Waals surface area contributed by atoms with Crippen LogP contribution < -0.4 is 9.47 Å². The third-order valence-electron chi connectivity index (χ3n) is 4.48. The van der Waals surface area contributed by atoms with Crippen LogP contribution in [0.5, 0.6) is 11.5 Å². The SMILES string of the molecule is CC=Cc1ccc(OCC(O)CN2CCCN(C(C)=O)CC2)c(OC)c1. The first kappa shape index (κ1) is 20.3. The smallest absolute Gasteiger partial charge is 0.219 e. The van der Waals surface area contributed by atoms with Gasteiger partial charge in [-0.05, 0) is 37.6 Å². The highest BCUT2D eigenvalue weighted by Crippen LogP contribution is 2.28. The van der Waals surface area contributed by atoms with E-state index < -0.39 is 6.10 Å². The lowest BCUT2D eigenvalue weighted by atomic mass is 10.2. The minimum absolute atomic E-state index is 0.115. The second kappa shape index (κ2) is 10.2. The van der Waals surface area contributed by atoms with Crippen LogP contribution in [0, 0.1) is 0 Å². The number of amides is 1. The molecular formula is C20H30N2O4. The fourth-order valence-corrected chi connectivity index (χ4v) is 3.10. The number of ether oxygens (including phenoxy) is 2. The Balaban J connectivity index is 1.85. The Hall–Kier alpha value is -2.05. The molecule has 1 aliphatic rings. The van der Waals surface area contributed by atoms with Crippen molar-refractivity contribution in [2.45, 2.75) is 26.4 Å². The summed E-state index contributed by atoms with van der Waals surface area (Å²) in [6.45, 7) is 7.45. The number of rotatable bonds is 7. The summed E-state index contributed by atoms with van der Waals surface area (Å²) < 4.78 is 11.1. The minimum Gasteiger partial charge on any atom is -0.493 e. The summed E-state index contributed by atoms with van der Waals surface area (Å²) in [5, 5.41) is 10.3. The summed E-state index contributed by atoms with van der Waals surface area (Å²) in [6.07, 6.45) is 4.28. The first-order chi connectivity index (χ1) is 12.5. The summed E-state index contributed by atoms with van der Waals surface area (Å²) in [5.74, 6) is 1.39. The lowest BCUT2D eigenvalue weighted by Gasteiger charge is -2.24.